The van der Waals surface area contributed by atoms with Crippen LogP contribution in [0.25, 0.3) is 0 Å². The molecule has 1 aliphatic heterocycles. The maximum atomic E-state index is 10.8. The highest BCUT2D eigenvalue weighted by atomic mass is 79.9. The standard InChI is InChI=1S/C6H9BrO3/c1-4(7)6(8)10-3-5-2-9-5/h4-5H,2-3H2,1H3. The second-order valence-corrected chi connectivity index (χ2v) is 3.57. The fraction of sp³-hybridized carbons (Fsp3) is 0.833. The van der Waals surface area contributed by atoms with Crippen LogP contribution in [0.2, 0.25) is 0 Å². The van der Waals surface area contributed by atoms with Gasteiger partial charge in [0.25, 0.3) is 0 Å². The van der Waals surface area contributed by atoms with Gasteiger partial charge in [0.1, 0.15) is 17.5 Å². The van der Waals surface area contributed by atoms with Crippen LogP contribution < -0.4 is 0 Å². The minimum atomic E-state index is -0.226. The highest BCUT2D eigenvalue weighted by Gasteiger charge is 2.24. The van der Waals surface area contributed by atoms with Crippen LogP contribution in [0.3, 0.4) is 0 Å². The van der Waals surface area contributed by atoms with Gasteiger partial charge in [-0.25, -0.2) is 0 Å². The van der Waals surface area contributed by atoms with Gasteiger partial charge in [0.05, 0.1) is 6.61 Å². The lowest BCUT2D eigenvalue weighted by atomic mass is 10.5. The van der Waals surface area contributed by atoms with E-state index >= 15 is 0 Å². The first-order valence-corrected chi connectivity index (χ1v) is 4.04. The molecule has 3 nitrogen and oxygen atoms in total. The molecule has 1 fully saturated rings. The predicted octanol–water partition coefficient (Wildman–Crippen LogP) is 0.712. The van der Waals surface area contributed by atoms with Gasteiger partial charge in [-0.15, -0.1) is 0 Å². The second-order valence-electron chi connectivity index (χ2n) is 2.20. The summed E-state index contributed by atoms with van der Waals surface area (Å²) < 4.78 is 9.66. The summed E-state index contributed by atoms with van der Waals surface area (Å²) in [6, 6.07) is 0. The van der Waals surface area contributed by atoms with Crippen LogP contribution in [0.5, 0.6) is 0 Å². The van der Waals surface area contributed by atoms with E-state index in [1.807, 2.05) is 0 Å². The third kappa shape index (κ3) is 2.66. The van der Waals surface area contributed by atoms with Crippen LogP contribution in [0.1, 0.15) is 6.92 Å². The molecule has 0 spiro atoms. The smallest absolute Gasteiger partial charge is 0.319 e. The number of esters is 1. The molecule has 10 heavy (non-hydrogen) atoms. The molecule has 0 bridgehead atoms. The lowest BCUT2D eigenvalue weighted by molar-refractivity contribution is -0.142. The number of halogens is 1. The molecule has 0 radical (unpaired) electrons. The lowest BCUT2D eigenvalue weighted by Gasteiger charge is -2.02. The van der Waals surface area contributed by atoms with Gasteiger partial charge in [0.2, 0.25) is 0 Å². The molecule has 1 aliphatic rings. The molecule has 0 aromatic carbocycles. The summed E-state index contributed by atoms with van der Waals surface area (Å²) in [5, 5.41) is 0. The Morgan fingerprint density at radius 1 is 2.00 bits per heavy atom. The van der Waals surface area contributed by atoms with Gasteiger partial charge >= 0.3 is 5.97 Å². The van der Waals surface area contributed by atoms with E-state index in [4.69, 9.17) is 9.47 Å². The van der Waals surface area contributed by atoms with E-state index in [9.17, 15) is 4.79 Å². The summed E-state index contributed by atoms with van der Waals surface area (Å²) in [5.74, 6) is -0.226. The quantitative estimate of drug-likeness (QED) is 0.390. The minimum Gasteiger partial charge on any atom is -0.462 e. The number of carbonyl (C=O) groups is 1. The average Bonchev–Trinajstić information content (AvgIpc) is 2.64. The van der Waals surface area contributed by atoms with Gasteiger partial charge in [0, 0.05) is 0 Å². The Hall–Kier alpha value is -0.0900. The van der Waals surface area contributed by atoms with Crippen molar-refractivity contribution in [2.24, 2.45) is 0 Å². The Morgan fingerprint density at radius 2 is 2.60 bits per heavy atom. The summed E-state index contributed by atoms with van der Waals surface area (Å²) in [7, 11) is 0. The number of carbonyl (C=O) groups excluding carboxylic acids is 1. The molecular formula is C6H9BrO3. The first-order chi connectivity index (χ1) is 4.70. The molecule has 0 saturated carbocycles. The molecule has 2 atom stereocenters. The van der Waals surface area contributed by atoms with E-state index in [0.29, 0.717) is 6.61 Å². The molecule has 0 aliphatic carbocycles. The molecule has 1 rings (SSSR count). The monoisotopic (exact) mass is 208 g/mol. The van der Waals surface area contributed by atoms with Crippen LogP contribution in [-0.2, 0) is 14.3 Å². The van der Waals surface area contributed by atoms with E-state index in [1.165, 1.54) is 0 Å². The highest BCUT2D eigenvalue weighted by Crippen LogP contribution is 2.10. The molecule has 0 aromatic heterocycles. The molecule has 58 valence electrons. The summed E-state index contributed by atoms with van der Waals surface area (Å²) in [6.07, 6.45) is 0.162. The zero-order valence-corrected chi connectivity index (χ0v) is 7.26. The maximum absolute atomic E-state index is 10.8. The zero-order chi connectivity index (χ0) is 7.56. The molecule has 2 unspecified atom stereocenters. The number of hydrogen-bond acceptors (Lipinski definition) is 3. The van der Waals surface area contributed by atoms with Crippen molar-refractivity contribution in [3.63, 3.8) is 0 Å². The van der Waals surface area contributed by atoms with Gasteiger partial charge in [0.15, 0.2) is 0 Å². The number of ether oxygens (including phenoxy) is 2. The predicted molar refractivity (Wildman–Crippen MR) is 39.1 cm³/mol. The summed E-state index contributed by atoms with van der Waals surface area (Å²) in [6.45, 7) is 2.86. The Balaban J connectivity index is 2.05. The molecule has 1 heterocycles. The molecule has 0 N–H and O–H groups in total. The molecule has 4 heteroatoms. The normalized spacial score (nSPS) is 25.6. The Bertz CT molecular complexity index is 131. The van der Waals surface area contributed by atoms with Crippen molar-refractivity contribution < 1.29 is 14.3 Å². The van der Waals surface area contributed by atoms with Crippen molar-refractivity contribution in [2.75, 3.05) is 13.2 Å². The first kappa shape index (κ1) is 8.01. The van der Waals surface area contributed by atoms with Gasteiger partial charge in [-0.05, 0) is 6.92 Å². The van der Waals surface area contributed by atoms with E-state index in [1.54, 1.807) is 6.92 Å². The maximum Gasteiger partial charge on any atom is 0.319 e. The van der Waals surface area contributed by atoms with Gasteiger partial charge < -0.3 is 9.47 Å². The minimum absolute atomic E-state index is 0.162. The number of alkyl halides is 1. The van der Waals surface area contributed by atoms with Crippen molar-refractivity contribution in [3.8, 4) is 0 Å². The third-order valence-corrected chi connectivity index (χ3v) is 1.51. The SMILES string of the molecule is CC(Br)C(=O)OCC1CO1. The van der Waals surface area contributed by atoms with Gasteiger partial charge in [-0.3, -0.25) is 4.79 Å². The summed E-state index contributed by atoms with van der Waals surface area (Å²) in [5.41, 5.74) is 0. The molecule has 1 saturated heterocycles. The van der Waals surface area contributed by atoms with E-state index in [-0.39, 0.29) is 16.9 Å². The fourth-order valence-electron chi connectivity index (χ4n) is 0.454. The van der Waals surface area contributed by atoms with Crippen molar-refractivity contribution in [1.82, 2.24) is 0 Å². The van der Waals surface area contributed by atoms with Crippen molar-refractivity contribution in [3.05, 3.63) is 0 Å². The zero-order valence-electron chi connectivity index (χ0n) is 5.67. The Kier molecular flexibility index (Phi) is 2.68. The van der Waals surface area contributed by atoms with Gasteiger partial charge in [-0.2, -0.15) is 0 Å². The number of rotatable bonds is 3. The molecule has 0 amide bonds. The van der Waals surface area contributed by atoms with Crippen LogP contribution in [-0.4, -0.2) is 30.1 Å². The lowest BCUT2D eigenvalue weighted by Crippen LogP contribution is -2.16. The van der Waals surface area contributed by atoms with Crippen molar-refractivity contribution >= 4 is 21.9 Å². The summed E-state index contributed by atoms with van der Waals surface area (Å²) in [4.78, 5) is 10.5. The van der Waals surface area contributed by atoms with Gasteiger partial charge in [-0.1, -0.05) is 15.9 Å². The first-order valence-electron chi connectivity index (χ1n) is 3.12. The van der Waals surface area contributed by atoms with E-state index in [0.717, 1.165) is 6.61 Å². The molecular weight excluding hydrogens is 200 g/mol. The Morgan fingerprint density at radius 3 is 3.00 bits per heavy atom. The number of hydrogen-bond donors (Lipinski definition) is 0. The Labute approximate surface area is 67.8 Å². The summed E-state index contributed by atoms with van der Waals surface area (Å²) >= 11 is 3.09. The topological polar surface area (TPSA) is 38.8 Å². The van der Waals surface area contributed by atoms with Crippen molar-refractivity contribution in [2.45, 2.75) is 17.9 Å². The van der Waals surface area contributed by atoms with Crippen LogP contribution in [0, 0.1) is 0 Å². The largest absolute Gasteiger partial charge is 0.462 e. The number of epoxide rings is 1. The van der Waals surface area contributed by atoms with Crippen LogP contribution in [0.4, 0.5) is 0 Å². The van der Waals surface area contributed by atoms with E-state index < -0.39 is 0 Å². The van der Waals surface area contributed by atoms with Crippen LogP contribution >= 0.6 is 15.9 Å². The second kappa shape index (κ2) is 3.34. The third-order valence-electron chi connectivity index (χ3n) is 1.14. The fourth-order valence-corrected chi connectivity index (χ4v) is 0.586. The highest BCUT2D eigenvalue weighted by molar-refractivity contribution is 9.10. The van der Waals surface area contributed by atoms with Crippen LogP contribution in [0.15, 0.2) is 0 Å². The average molecular weight is 209 g/mol. The molecule has 0 aromatic rings. The van der Waals surface area contributed by atoms with E-state index in [2.05, 4.69) is 15.9 Å². The van der Waals surface area contributed by atoms with Crippen molar-refractivity contribution in [1.29, 1.82) is 0 Å².